The van der Waals surface area contributed by atoms with Crippen LogP contribution < -0.4 is 0 Å². The Morgan fingerprint density at radius 1 is 1.36 bits per heavy atom. The second-order valence-electron chi connectivity index (χ2n) is 2.71. The van der Waals surface area contributed by atoms with Gasteiger partial charge in [-0.1, -0.05) is 18.2 Å². The van der Waals surface area contributed by atoms with Crippen molar-refractivity contribution in [2.45, 2.75) is 12.5 Å². The molecule has 1 heterocycles. The van der Waals surface area contributed by atoms with Crippen molar-refractivity contribution in [1.29, 1.82) is 0 Å². The topological polar surface area (TPSA) is 29.5 Å². The van der Waals surface area contributed by atoms with Crippen LogP contribution in [0.3, 0.4) is 0 Å². The maximum atomic E-state index is 9.37. The Bertz CT molecular complexity index is 253. The van der Waals surface area contributed by atoms with E-state index in [-0.39, 0.29) is 6.10 Å². The van der Waals surface area contributed by atoms with Gasteiger partial charge in [-0.25, -0.2) is 0 Å². The SMILES string of the molecule is Oc1ccccc1C1CCO1. The van der Waals surface area contributed by atoms with Gasteiger partial charge in [-0.2, -0.15) is 0 Å². The number of aromatic hydroxyl groups is 1. The first-order valence-corrected chi connectivity index (χ1v) is 3.77. The first-order chi connectivity index (χ1) is 5.38. The van der Waals surface area contributed by atoms with Crippen LogP contribution in [0.4, 0.5) is 0 Å². The highest BCUT2D eigenvalue weighted by molar-refractivity contribution is 5.34. The molecule has 2 rings (SSSR count). The van der Waals surface area contributed by atoms with Gasteiger partial charge in [0.2, 0.25) is 0 Å². The van der Waals surface area contributed by atoms with Crippen molar-refractivity contribution in [3.05, 3.63) is 29.8 Å². The van der Waals surface area contributed by atoms with Crippen LogP contribution in [0.15, 0.2) is 24.3 Å². The van der Waals surface area contributed by atoms with Crippen LogP contribution in [0.1, 0.15) is 18.1 Å². The average molecular weight is 150 g/mol. The van der Waals surface area contributed by atoms with Gasteiger partial charge in [0, 0.05) is 12.0 Å². The summed E-state index contributed by atoms with van der Waals surface area (Å²) in [5.74, 6) is 0.345. The second-order valence-corrected chi connectivity index (χ2v) is 2.71. The predicted molar refractivity (Wildman–Crippen MR) is 41.4 cm³/mol. The van der Waals surface area contributed by atoms with Crippen molar-refractivity contribution in [2.75, 3.05) is 6.61 Å². The Hall–Kier alpha value is -1.02. The standard InChI is InChI=1S/C9H10O2/c10-8-4-2-1-3-7(8)9-5-6-11-9/h1-4,9-10H,5-6H2. The molecule has 0 radical (unpaired) electrons. The predicted octanol–water partition coefficient (Wildman–Crippen LogP) is 1.85. The number of rotatable bonds is 1. The third kappa shape index (κ3) is 1.10. The summed E-state index contributed by atoms with van der Waals surface area (Å²) in [4.78, 5) is 0. The maximum Gasteiger partial charge on any atom is 0.121 e. The van der Waals surface area contributed by atoms with Gasteiger partial charge in [-0.3, -0.25) is 0 Å². The molecule has 0 spiro atoms. The van der Waals surface area contributed by atoms with Gasteiger partial charge in [-0.15, -0.1) is 0 Å². The van der Waals surface area contributed by atoms with Crippen molar-refractivity contribution in [1.82, 2.24) is 0 Å². The van der Waals surface area contributed by atoms with Crippen molar-refractivity contribution in [3.8, 4) is 5.75 Å². The van der Waals surface area contributed by atoms with Crippen molar-refractivity contribution < 1.29 is 9.84 Å². The molecule has 1 atom stereocenters. The molecule has 2 nitrogen and oxygen atoms in total. The summed E-state index contributed by atoms with van der Waals surface area (Å²) in [7, 11) is 0. The zero-order valence-corrected chi connectivity index (χ0v) is 6.16. The lowest BCUT2D eigenvalue weighted by Gasteiger charge is -2.27. The molecule has 1 aliphatic rings. The van der Waals surface area contributed by atoms with E-state index in [1.54, 1.807) is 6.07 Å². The van der Waals surface area contributed by atoms with E-state index in [0.29, 0.717) is 5.75 Å². The van der Waals surface area contributed by atoms with Crippen molar-refractivity contribution in [2.24, 2.45) is 0 Å². The highest BCUT2D eigenvalue weighted by Crippen LogP contribution is 2.34. The molecule has 1 aromatic carbocycles. The fourth-order valence-electron chi connectivity index (χ4n) is 1.24. The second kappa shape index (κ2) is 2.55. The average Bonchev–Trinajstić information content (AvgIpc) is 1.90. The highest BCUT2D eigenvalue weighted by atomic mass is 16.5. The molecule has 1 aromatic rings. The number of para-hydroxylation sites is 1. The minimum absolute atomic E-state index is 0.135. The number of phenolic OH excluding ortho intramolecular Hbond substituents is 1. The number of ether oxygens (including phenoxy) is 1. The molecule has 1 fully saturated rings. The van der Waals surface area contributed by atoms with E-state index in [1.807, 2.05) is 18.2 Å². The Balaban J connectivity index is 2.28. The fraction of sp³-hybridized carbons (Fsp3) is 0.333. The van der Waals surface area contributed by atoms with Crippen LogP contribution >= 0.6 is 0 Å². The van der Waals surface area contributed by atoms with E-state index in [4.69, 9.17) is 4.74 Å². The van der Waals surface area contributed by atoms with Crippen LogP contribution in [0.5, 0.6) is 5.75 Å². The molecule has 0 aliphatic carbocycles. The lowest BCUT2D eigenvalue weighted by molar-refractivity contribution is -0.0537. The number of hydrogen-bond acceptors (Lipinski definition) is 2. The largest absolute Gasteiger partial charge is 0.508 e. The third-order valence-corrected chi connectivity index (χ3v) is 1.98. The van der Waals surface area contributed by atoms with E-state index in [0.717, 1.165) is 18.6 Å². The smallest absolute Gasteiger partial charge is 0.121 e. The van der Waals surface area contributed by atoms with Gasteiger partial charge in [0.25, 0.3) is 0 Å². The van der Waals surface area contributed by atoms with E-state index in [1.165, 1.54) is 0 Å². The molecular formula is C9H10O2. The Morgan fingerprint density at radius 3 is 2.64 bits per heavy atom. The first kappa shape index (κ1) is 6.68. The number of phenols is 1. The van der Waals surface area contributed by atoms with Gasteiger partial charge in [-0.05, 0) is 6.07 Å². The lowest BCUT2D eigenvalue weighted by Crippen LogP contribution is -2.18. The molecule has 1 unspecified atom stereocenters. The zero-order chi connectivity index (χ0) is 7.68. The van der Waals surface area contributed by atoms with E-state index in [2.05, 4.69) is 0 Å². The molecule has 11 heavy (non-hydrogen) atoms. The molecule has 58 valence electrons. The summed E-state index contributed by atoms with van der Waals surface area (Å²) in [5.41, 5.74) is 0.916. The van der Waals surface area contributed by atoms with Crippen LogP contribution in [-0.4, -0.2) is 11.7 Å². The van der Waals surface area contributed by atoms with Gasteiger partial charge >= 0.3 is 0 Å². The lowest BCUT2D eigenvalue weighted by atomic mass is 10.0. The van der Waals surface area contributed by atoms with Gasteiger partial charge < -0.3 is 9.84 Å². The minimum Gasteiger partial charge on any atom is -0.508 e. The number of benzene rings is 1. The summed E-state index contributed by atoms with van der Waals surface area (Å²) >= 11 is 0. The minimum atomic E-state index is 0.135. The molecule has 0 amide bonds. The summed E-state index contributed by atoms with van der Waals surface area (Å²) < 4.78 is 5.24. The monoisotopic (exact) mass is 150 g/mol. The normalized spacial score (nSPS) is 22.7. The van der Waals surface area contributed by atoms with Gasteiger partial charge in [0.1, 0.15) is 5.75 Å². The van der Waals surface area contributed by atoms with Gasteiger partial charge in [0.05, 0.1) is 12.7 Å². The van der Waals surface area contributed by atoms with Gasteiger partial charge in [0.15, 0.2) is 0 Å². The van der Waals surface area contributed by atoms with Crippen LogP contribution in [0.2, 0.25) is 0 Å². The van der Waals surface area contributed by atoms with Crippen LogP contribution in [-0.2, 0) is 4.74 Å². The molecule has 0 aromatic heterocycles. The highest BCUT2D eigenvalue weighted by Gasteiger charge is 2.22. The maximum absolute atomic E-state index is 9.37. The Labute approximate surface area is 65.4 Å². The molecule has 1 aliphatic heterocycles. The first-order valence-electron chi connectivity index (χ1n) is 3.77. The molecule has 2 heteroatoms. The van der Waals surface area contributed by atoms with E-state index >= 15 is 0 Å². The van der Waals surface area contributed by atoms with Crippen LogP contribution in [0.25, 0.3) is 0 Å². The Morgan fingerprint density at radius 2 is 2.09 bits per heavy atom. The summed E-state index contributed by atoms with van der Waals surface area (Å²) in [6.45, 7) is 0.818. The van der Waals surface area contributed by atoms with Crippen molar-refractivity contribution >= 4 is 0 Å². The quantitative estimate of drug-likeness (QED) is 0.662. The summed E-state index contributed by atoms with van der Waals surface area (Å²) in [6, 6.07) is 7.32. The molecule has 1 saturated heterocycles. The molecular weight excluding hydrogens is 140 g/mol. The van der Waals surface area contributed by atoms with E-state index in [9.17, 15) is 5.11 Å². The number of hydrogen-bond donors (Lipinski definition) is 1. The summed E-state index contributed by atoms with van der Waals surface area (Å²) in [5, 5.41) is 9.37. The fourth-order valence-corrected chi connectivity index (χ4v) is 1.24. The molecule has 0 bridgehead atoms. The molecule has 1 N–H and O–H groups in total. The van der Waals surface area contributed by atoms with Crippen LogP contribution in [0, 0.1) is 0 Å². The summed E-state index contributed by atoms with van der Waals surface area (Å²) in [6.07, 6.45) is 1.16. The molecule has 0 saturated carbocycles. The third-order valence-electron chi connectivity index (χ3n) is 1.98. The van der Waals surface area contributed by atoms with Crippen molar-refractivity contribution in [3.63, 3.8) is 0 Å². The van der Waals surface area contributed by atoms with E-state index < -0.39 is 0 Å². The zero-order valence-electron chi connectivity index (χ0n) is 6.16. The Kier molecular flexibility index (Phi) is 1.55.